The molecule has 0 saturated heterocycles. The Kier molecular flexibility index (Phi) is 12.9. The fraction of sp³-hybridized carbons (Fsp3) is 0.111. The SMILES string of the molecule is C=Cc1ccccc1.CCl.ClCC=Cc1ccccc1. The van der Waals surface area contributed by atoms with Crippen molar-refractivity contribution >= 4 is 35.4 Å². The molecular formula is C18H20Cl2. The number of hydrogen-bond acceptors (Lipinski definition) is 0. The average molecular weight is 307 g/mol. The maximum Gasteiger partial charge on any atom is 0.0407 e. The van der Waals surface area contributed by atoms with E-state index in [0.29, 0.717) is 5.88 Å². The predicted molar refractivity (Wildman–Crippen MR) is 94.5 cm³/mol. The van der Waals surface area contributed by atoms with Crippen molar-refractivity contribution in [2.75, 3.05) is 12.3 Å². The van der Waals surface area contributed by atoms with Gasteiger partial charge in [-0.2, -0.15) is 0 Å². The molecular weight excluding hydrogens is 287 g/mol. The molecule has 0 fully saturated rings. The van der Waals surface area contributed by atoms with Crippen molar-refractivity contribution in [3.05, 3.63) is 84.4 Å². The lowest BCUT2D eigenvalue weighted by Crippen LogP contribution is -1.67. The van der Waals surface area contributed by atoms with Crippen molar-refractivity contribution < 1.29 is 0 Å². The lowest BCUT2D eigenvalue weighted by Gasteiger charge is -1.87. The lowest BCUT2D eigenvalue weighted by molar-refractivity contribution is 1.65. The van der Waals surface area contributed by atoms with E-state index in [2.05, 4.69) is 18.2 Å². The van der Waals surface area contributed by atoms with Crippen LogP contribution >= 0.6 is 23.2 Å². The van der Waals surface area contributed by atoms with Crippen molar-refractivity contribution in [2.24, 2.45) is 0 Å². The molecule has 0 aliphatic heterocycles. The number of halogens is 2. The van der Waals surface area contributed by atoms with Gasteiger partial charge in [0.2, 0.25) is 0 Å². The molecule has 2 aromatic rings. The van der Waals surface area contributed by atoms with Crippen molar-refractivity contribution in [1.29, 1.82) is 0 Å². The average Bonchev–Trinajstić information content (AvgIpc) is 2.57. The maximum absolute atomic E-state index is 5.46. The Balaban J connectivity index is 0.000000327. The molecule has 20 heavy (non-hydrogen) atoms. The molecule has 0 saturated carbocycles. The molecule has 0 aliphatic carbocycles. The number of benzene rings is 2. The summed E-state index contributed by atoms with van der Waals surface area (Å²) in [5, 5.41) is 0. The minimum Gasteiger partial charge on any atom is -0.130 e. The van der Waals surface area contributed by atoms with Crippen LogP contribution in [0, 0.1) is 0 Å². The van der Waals surface area contributed by atoms with Crippen molar-refractivity contribution in [3.8, 4) is 0 Å². The first-order valence-corrected chi connectivity index (χ1v) is 7.48. The quantitative estimate of drug-likeness (QED) is 0.599. The van der Waals surface area contributed by atoms with E-state index >= 15 is 0 Å². The van der Waals surface area contributed by atoms with Gasteiger partial charge in [-0.3, -0.25) is 0 Å². The lowest BCUT2D eigenvalue weighted by atomic mass is 10.2. The van der Waals surface area contributed by atoms with Crippen LogP contribution < -0.4 is 0 Å². The Morgan fingerprint density at radius 3 is 1.65 bits per heavy atom. The summed E-state index contributed by atoms with van der Waals surface area (Å²) in [6.07, 6.45) is 7.24. The van der Waals surface area contributed by atoms with E-state index in [1.165, 1.54) is 17.5 Å². The van der Waals surface area contributed by atoms with Gasteiger partial charge in [0.25, 0.3) is 0 Å². The Labute approximate surface area is 132 Å². The third kappa shape index (κ3) is 9.43. The number of rotatable bonds is 3. The highest BCUT2D eigenvalue weighted by Gasteiger charge is 1.79. The first-order valence-electron chi connectivity index (χ1n) is 6.19. The second-order valence-corrected chi connectivity index (χ2v) is 3.89. The third-order valence-corrected chi connectivity index (χ3v) is 2.41. The molecule has 2 rings (SSSR count). The molecule has 0 aromatic heterocycles. The van der Waals surface area contributed by atoms with Crippen LogP contribution in [0.1, 0.15) is 11.1 Å². The Hall–Kier alpha value is -1.50. The summed E-state index contributed by atoms with van der Waals surface area (Å²) in [4.78, 5) is 0. The molecule has 0 nitrogen and oxygen atoms in total. The monoisotopic (exact) mass is 306 g/mol. The van der Waals surface area contributed by atoms with Crippen LogP contribution in [0.15, 0.2) is 73.3 Å². The topological polar surface area (TPSA) is 0 Å². The Morgan fingerprint density at radius 2 is 1.30 bits per heavy atom. The normalized spacial score (nSPS) is 8.95. The van der Waals surface area contributed by atoms with E-state index in [4.69, 9.17) is 11.6 Å². The van der Waals surface area contributed by atoms with Gasteiger partial charge in [-0.15, -0.1) is 23.2 Å². The van der Waals surface area contributed by atoms with Crippen LogP contribution in [0.3, 0.4) is 0 Å². The van der Waals surface area contributed by atoms with Crippen LogP contribution in [0.4, 0.5) is 0 Å². The fourth-order valence-electron chi connectivity index (χ4n) is 1.33. The smallest absolute Gasteiger partial charge is 0.0407 e. The molecule has 0 bridgehead atoms. The van der Waals surface area contributed by atoms with Crippen LogP contribution in [-0.4, -0.2) is 12.3 Å². The van der Waals surface area contributed by atoms with E-state index in [0.717, 1.165) is 0 Å². The van der Waals surface area contributed by atoms with E-state index in [1.54, 1.807) is 0 Å². The van der Waals surface area contributed by atoms with Gasteiger partial charge in [0, 0.05) is 12.3 Å². The Bertz CT molecular complexity index is 461. The van der Waals surface area contributed by atoms with Crippen LogP contribution in [0.2, 0.25) is 0 Å². The molecule has 0 amide bonds. The van der Waals surface area contributed by atoms with E-state index in [1.807, 2.05) is 78.9 Å². The van der Waals surface area contributed by atoms with Gasteiger partial charge in [0.1, 0.15) is 0 Å². The van der Waals surface area contributed by atoms with E-state index in [-0.39, 0.29) is 0 Å². The molecule has 2 aromatic carbocycles. The largest absolute Gasteiger partial charge is 0.130 e. The van der Waals surface area contributed by atoms with Crippen molar-refractivity contribution in [3.63, 3.8) is 0 Å². The number of hydrogen-bond donors (Lipinski definition) is 0. The standard InChI is InChI=1S/C9H9Cl.C8H8.CH3Cl/c10-8-4-7-9-5-2-1-3-6-9;1-2-8-6-4-3-5-7-8;1-2/h1-7H,8H2;2-7H,1H2;1H3. The van der Waals surface area contributed by atoms with Crippen LogP contribution in [-0.2, 0) is 0 Å². The molecule has 0 atom stereocenters. The van der Waals surface area contributed by atoms with Gasteiger partial charge < -0.3 is 0 Å². The van der Waals surface area contributed by atoms with Gasteiger partial charge >= 0.3 is 0 Å². The molecule has 0 aliphatic rings. The van der Waals surface area contributed by atoms with Gasteiger partial charge in [-0.1, -0.05) is 85.5 Å². The van der Waals surface area contributed by atoms with Gasteiger partial charge in [0.05, 0.1) is 0 Å². The first-order chi connectivity index (χ1) is 9.86. The summed E-state index contributed by atoms with van der Waals surface area (Å²) >= 11 is 10.1. The minimum atomic E-state index is 0.578. The molecule has 0 radical (unpaired) electrons. The highest BCUT2D eigenvalue weighted by atomic mass is 35.5. The van der Waals surface area contributed by atoms with E-state index < -0.39 is 0 Å². The van der Waals surface area contributed by atoms with Crippen molar-refractivity contribution in [1.82, 2.24) is 0 Å². The minimum absolute atomic E-state index is 0.578. The van der Waals surface area contributed by atoms with E-state index in [9.17, 15) is 0 Å². The Morgan fingerprint density at radius 1 is 0.850 bits per heavy atom. The maximum atomic E-state index is 5.46. The van der Waals surface area contributed by atoms with Gasteiger partial charge in [-0.25, -0.2) is 0 Å². The molecule has 106 valence electrons. The molecule has 0 unspecified atom stereocenters. The highest BCUT2D eigenvalue weighted by Crippen LogP contribution is 2.00. The molecule has 0 spiro atoms. The number of alkyl halides is 2. The summed E-state index contributed by atoms with van der Waals surface area (Å²) in [7, 11) is 0. The van der Waals surface area contributed by atoms with Gasteiger partial charge in [-0.05, 0) is 11.1 Å². The second kappa shape index (κ2) is 13.9. The first kappa shape index (κ1) is 18.5. The summed E-state index contributed by atoms with van der Waals surface area (Å²) in [6.45, 7) is 3.63. The van der Waals surface area contributed by atoms with Crippen LogP contribution in [0.25, 0.3) is 12.2 Å². The molecule has 0 N–H and O–H groups in total. The summed E-state index contributed by atoms with van der Waals surface area (Å²) in [5.74, 6) is 0.578. The van der Waals surface area contributed by atoms with Crippen molar-refractivity contribution in [2.45, 2.75) is 0 Å². The third-order valence-electron chi connectivity index (χ3n) is 2.23. The number of allylic oxidation sites excluding steroid dienone is 1. The molecule has 0 heterocycles. The highest BCUT2D eigenvalue weighted by molar-refractivity contribution is 6.19. The zero-order valence-corrected chi connectivity index (χ0v) is 13.2. The van der Waals surface area contributed by atoms with Gasteiger partial charge in [0.15, 0.2) is 0 Å². The van der Waals surface area contributed by atoms with Crippen LogP contribution in [0.5, 0.6) is 0 Å². The second-order valence-electron chi connectivity index (χ2n) is 3.58. The summed E-state index contributed by atoms with van der Waals surface area (Å²) < 4.78 is 0. The zero-order valence-electron chi connectivity index (χ0n) is 11.7. The predicted octanol–water partition coefficient (Wildman–Crippen LogP) is 6.12. The summed E-state index contributed by atoms with van der Waals surface area (Å²) in [6, 6.07) is 20.1. The summed E-state index contributed by atoms with van der Waals surface area (Å²) in [5.41, 5.74) is 2.37. The fourth-order valence-corrected chi connectivity index (χ4v) is 1.42. The molecule has 2 heteroatoms. The zero-order chi connectivity index (χ0) is 15.1.